The molecule has 0 saturated heterocycles. The molecule has 0 bridgehead atoms. The van der Waals surface area contributed by atoms with Crippen LogP contribution in [-0.4, -0.2) is 36.4 Å². The Labute approximate surface area is 321 Å². The number of allylic oxidation sites excluding steroid dienone is 9. The second kappa shape index (κ2) is 43.0. The maximum Gasteiger partial charge on any atom is 0.310 e. The van der Waals surface area contributed by atoms with Gasteiger partial charge in [0.1, 0.15) is 6.61 Å². The Morgan fingerprint density at radius 3 is 1.17 bits per heavy atom. The van der Waals surface area contributed by atoms with Crippen molar-refractivity contribution in [2.75, 3.05) is 13.2 Å². The maximum atomic E-state index is 12.1. The van der Waals surface area contributed by atoms with Crippen molar-refractivity contribution in [3.63, 3.8) is 0 Å². The topological polar surface area (TPSA) is 72.8 Å². The molecule has 0 aliphatic heterocycles. The Morgan fingerprint density at radius 2 is 0.808 bits per heavy atom. The summed E-state index contributed by atoms with van der Waals surface area (Å²) >= 11 is 0. The average Bonchev–Trinajstić information content (AvgIpc) is 3.15. The zero-order valence-electron chi connectivity index (χ0n) is 34.1. The molecule has 0 aliphatic carbocycles. The number of hydrogen-bond donors (Lipinski definition) is 1. The van der Waals surface area contributed by atoms with E-state index in [9.17, 15) is 14.7 Å². The molecule has 1 N–H and O–H groups in total. The van der Waals surface area contributed by atoms with Gasteiger partial charge in [-0.3, -0.25) is 9.59 Å². The van der Waals surface area contributed by atoms with Gasteiger partial charge in [0.2, 0.25) is 0 Å². The van der Waals surface area contributed by atoms with Crippen LogP contribution in [0.1, 0.15) is 206 Å². The highest BCUT2D eigenvalue weighted by Gasteiger charge is 2.15. The first kappa shape index (κ1) is 49.6. The number of esters is 2. The monoisotopic (exact) mass is 727 g/mol. The largest absolute Gasteiger partial charge is 0.462 e. The van der Waals surface area contributed by atoms with Gasteiger partial charge in [-0.2, -0.15) is 0 Å². The number of carbonyl (C=O) groups excluding carboxylic acids is 2. The van der Waals surface area contributed by atoms with E-state index >= 15 is 0 Å². The van der Waals surface area contributed by atoms with Crippen LogP contribution >= 0.6 is 0 Å². The van der Waals surface area contributed by atoms with E-state index in [1.807, 2.05) is 6.08 Å². The van der Waals surface area contributed by atoms with Gasteiger partial charge in [-0.25, -0.2) is 0 Å². The zero-order chi connectivity index (χ0) is 37.8. The van der Waals surface area contributed by atoms with E-state index in [0.29, 0.717) is 6.42 Å². The Kier molecular flexibility index (Phi) is 41.0. The Bertz CT molecular complexity index is 915. The minimum atomic E-state index is -0.825. The van der Waals surface area contributed by atoms with Crippen molar-refractivity contribution >= 4 is 11.9 Å². The summed E-state index contributed by atoms with van der Waals surface area (Å²) < 4.78 is 10.5. The van der Waals surface area contributed by atoms with Crippen molar-refractivity contribution in [3.05, 3.63) is 60.8 Å². The van der Waals surface area contributed by atoms with Crippen molar-refractivity contribution in [2.24, 2.45) is 0 Å². The van der Waals surface area contributed by atoms with Crippen LogP contribution in [0.5, 0.6) is 0 Å². The fourth-order valence-electron chi connectivity index (χ4n) is 6.10. The first-order valence-corrected chi connectivity index (χ1v) is 21.8. The molecule has 52 heavy (non-hydrogen) atoms. The molecule has 0 aromatic carbocycles. The number of carbonyl (C=O) groups is 2. The SMILES string of the molecule is CC/C=C\C/C=C\C/C=C\C/C=C\C/C=C\CC(=O)OC(CO)COC(=O)CCCCCCCCCCCCCCCCCCCCCCCCC. The molecule has 0 aliphatic rings. The van der Waals surface area contributed by atoms with Crippen LogP contribution in [0.3, 0.4) is 0 Å². The Balaban J connectivity index is 3.57. The van der Waals surface area contributed by atoms with Crippen LogP contribution in [0.4, 0.5) is 0 Å². The summed E-state index contributed by atoms with van der Waals surface area (Å²) in [5, 5.41) is 9.55. The lowest BCUT2D eigenvalue weighted by molar-refractivity contribution is -0.160. The molecule has 1 unspecified atom stereocenters. The standard InChI is InChI=1S/C47H82O5/c1-3-5-7-9-11-13-15-17-19-20-21-22-23-24-25-26-28-29-31-33-35-37-39-41-46(49)51-44-45(43-48)52-47(50)42-40-38-36-34-32-30-27-18-16-14-12-10-8-6-4-2/h6,8,12,14,18,27,32,34,38,40,45,48H,3-5,7,9-11,13,15-17,19-26,28-31,33,35-37,39,41-44H2,1-2H3/b8-6-,14-12-,27-18-,34-32-,40-38-. The van der Waals surface area contributed by atoms with Gasteiger partial charge in [-0.05, 0) is 38.5 Å². The molecule has 0 aromatic rings. The summed E-state index contributed by atoms with van der Waals surface area (Å²) in [7, 11) is 0. The van der Waals surface area contributed by atoms with Crippen molar-refractivity contribution in [3.8, 4) is 0 Å². The number of aliphatic hydroxyl groups excluding tert-OH is 1. The van der Waals surface area contributed by atoms with Crippen LogP contribution in [0.2, 0.25) is 0 Å². The van der Waals surface area contributed by atoms with Crippen LogP contribution in [0.25, 0.3) is 0 Å². The van der Waals surface area contributed by atoms with Gasteiger partial charge in [0.25, 0.3) is 0 Å². The molecule has 0 saturated carbocycles. The molecule has 0 spiro atoms. The normalized spacial score (nSPS) is 12.8. The summed E-state index contributed by atoms with van der Waals surface area (Å²) in [6.07, 6.45) is 56.1. The quantitative estimate of drug-likeness (QED) is 0.0388. The molecule has 0 fully saturated rings. The van der Waals surface area contributed by atoms with E-state index in [-0.39, 0.29) is 25.6 Å². The molecule has 0 heterocycles. The molecule has 0 amide bonds. The Hall–Kier alpha value is -2.40. The summed E-state index contributed by atoms with van der Waals surface area (Å²) in [5.74, 6) is -0.734. The summed E-state index contributed by atoms with van der Waals surface area (Å²) in [5.41, 5.74) is 0. The zero-order valence-corrected chi connectivity index (χ0v) is 34.1. The van der Waals surface area contributed by atoms with Crippen molar-refractivity contribution in [1.82, 2.24) is 0 Å². The summed E-state index contributed by atoms with van der Waals surface area (Å²) in [4.78, 5) is 24.2. The molecule has 0 radical (unpaired) electrons. The van der Waals surface area contributed by atoms with Gasteiger partial charge >= 0.3 is 11.9 Å². The van der Waals surface area contributed by atoms with E-state index in [4.69, 9.17) is 9.47 Å². The maximum absolute atomic E-state index is 12.1. The first-order valence-electron chi connectivity index (χ1n) is 21.8. The second-order valence-electron chi connectivity index (χ2n) is 14.4. The smallest absolute Gasteiger partial charge is 0.310 e. The lowest BCUT2D eigenvalue weighted by Crippen LogP contribution is -2.28. The van der Waals surface area contributed by atoms with E-state index in [2.05, 4.69) is 62.5 Å². The molecule has 1 atom stereocenters. The Morgan fingerprint density at radius 1 is 0.462 bits per heavy atom. The van der Waals surface area contributed by atoms with Gasteiger partial charge in [0, 0.05) is 6.42 Å². The fourth-order valence-corrected chi connectivity index (χ4v) is 6.10. The van der Waals surface area contributed by atoms with Gasteiger partial charge in [-0.1, -0.05) is 216 Å². The predicted molar refractivity (Wildman–Crippen MR) is 223 cm³/mol. The highest BCUT2D eigenvalue weighted by molar-refractivity contribution is 5.71. The lowest BCUT2D eigenvalue weighted by Gasteiger charge is -2.15. The van der Waals surface area contributed by atoms with Crippen LogP contribution in [0.15, 0.2) is 60.8 Å². The van der Waals surface area contributed by atoms with E-state index < -0.39 is 12.1 Å². The highest BCUT2D eigenvalue weighted by Crippen LogP contribution is 2.16. The number of aliphatic hydroxyl groups is 1. The van der Waals surface area contributed by atoms with Gasteiger partial charge in [-0.15, -0.1) is 0 Å². The minimum absolute atomic E-state index is 0.105. The predicted octanol–water partition coefficient (Wildman–Crippen LogP) is 14.0. The third kappa shape index (κ3) is 40.4. The molecule has 5 nitrogen and oxygen atoms in total. The molecular weight excluding hydrogens is 645 g/mol. The third-order valence-electron chi connectivity index (χ3n) is 9.36. The van der Waals surface area contributed by atoms with E-state index in [1.54, 1.807) is 6.08 Å². The minimum Gasteiger partial charge on any atom is -0.462 e. The molecule has 0 aromatic heterocycles. The molecule has 300 valence electrons. The molecule has 5 heteroatoms. The van der Waals surface area contributed by atoms with Crippen molar-refractivity contribution < 1.29 is 24.2 Å². The van der Waals surface area contributed by atoms with Gasteiger partial charge < -0.3 is 14.6 Å². The molecular formula is C47H82O5. The van der Waals surface area contributed by atoms with Gasteiger partial charge in [0.15, 0.2) is 6.10 Å². The fraction of sp³-hybridized carbons (Fsp3) is 0.745. The van der Waals surface area contributed by atoms with Gasteiger partial charge in [0.05, 0.1) is 13.0 Å². The van der Waals surface area contributed by atoms with Crippen molar-refractivity contribution in [1.29, 1.82) is 0 Å². The van der Waals surface area contributed by atoms with Crippen LogP contribution in [-0.2, 0) is 19.1 Å². The lowest BCUT2D eigenvalue weighted by atomic mass is 10.0. The molecule has 0 rings (SSSR count). The first-order chi connectivity index (χ1) is 25.6. The van der Waals surface area contributed by atoms with Crippen molar-refractivity contribution in [2.45, 2.75) is 213 Å². The average molecular weight is 727 g/mol. The van der Waals surface area contributed by atoms with E-state index in [1.165, 1.54) is 128 Å². The van der Waals surface area contributed by atoms with E-state index in [0.717, 1.165) is 51.4 Å². The number of ether oxygens (including phenoxy) is 2. The number of rotatable bonds is 39. The highest BCUT2D eigenvalue weighted by atomic mass is 16.6. The van der Waals surface area contributed by atoms with Crippen LogP contribution < -0.4 is 0 Å². The number of unbranched alkanes of at least 4 members (excludes halogenated alkanes) is 22. The third-order valence-corrected chi connectivity index (χ3v) is 9.36. The summed E-state index contributed by atoms with van der Waals surface area (Å²) in [6.45, 7) is 3.95. The number of hydrogen-bond acceptors (Lipinski definition) is 5. The second-order valence-corrected chi connectivity index (χ2v) is 14.4. The summed E-state index contributed by atoms with van der Waals surface area (Å²) in [6, 6.07) is 0. The van der Waals surface area contributed by atoms with Crippen LogP contribution in [0, 0.1) is 0 Å².